The van der Waals surface area contributed by atoms with E-state index >= 15 is 0 Å². The molecule has 3 rings (SSSR count). The first-order valence-corrected chi connectivity index (χ1v) is 10.2. The number of thiazole rings is 1. The van der Waals surface area contributed by atoms with Gasteiger partial charge in [-0.25, -0.2) is 4.98 Å². The Labute approximate surface area is 161 Å². The van der Waals surface area contributed by atoms with Crippen molar-refractivity contribution >= 4 is 50.1 Å². The zero-order valence-corrected chi connectivity index (χ0v) is 16.8. The maximum atomic E-state index is 11.6. The molecule has 0 spiro atoms. The minimum Gasteiger partial charge on any atom is -0.411 e. The number of benzene rings is 1. The first-order valence-electron chi connectivity index (χ1n) is 7.51. The summed E-state index contributed by atoms with van der Waals surface area (Å²) in [7, 11) is 0. The number of thioether (sulfide) groups is 1. The van der Waals surface area contributed by atoms with Gasteiger partial charge in [-0.1, -0.05) is 27.7 Å². The zero-order valence-electron chi connectivity index (χ0n) is 13.6. The third-order valence-electron chi connectivity index (χ3n) is 3.31. The fourth-order valence-corrected chi connectivity index (χ4v) is 4.05. The molecule has 1 aromatic carbocycles. The quantitative estimate of drug-likeness (QED) is 0.522. The highest BCUT2D eigenvalue weighted by Gasteiger charge is 2.14. The van der Waals surface area contributed by atoms with Gasteiger partial charge in [0.25, 0.3) is 5.22 Å². The minimum atomic E-state index is -0.00732. The monoisotopic (exact) mass is 438 g/mol. The Bertz CT molecular complexity index is 863. The number of halogens is 1. The topological polar surface area (TPSA) is 72.1 Å². The largest absolute Gasteiger partial charge is 0.411 e. The van der Waals surface area contributed by atoms with Gasteiger partial charge in [0.2, 0.25) is 11.8 Å². The maximum absolute atomic E-state index is 11.6. The van der Waals surface area contributed by atoms with Gasteiger partial charge < -0.3 is 4.42 Å². The van der Waals surface area contributed by atoms with E-state index in [1.807, 2.05) is 36.6 Å². The molecule has 130 valence electrons. The maximum Gasteiger partial charge on any atom is 0.277 e. The summed E-state index contributed by atoms with van der Waals surface area (Å²) in [6.45, 7) is 4.08. The summed E-state index contributed by atoms with van der Waals surface area (Å²) in [4.78, 5) is 17.7. The predicted octanol–water partition coefficient (Wildman–Crippen LogP) is 4.62. The Morgan fingerprint density at radius 3 is 2.76 bits per heavy atom. The van der Waals surface area contributed by atoms with Gasteiger partial charge in [-0.2, -0.15) is 0 Å². The smallest absolute Gasteiger partial charge is 0.277 e. The van der Waals surface area contributed by atoms with Crippen LogP contribution in [0.5, 0.6) is 0 Å². The second kappa shape index (κ2) is 8.11. The molecule has 0 aliphatic rings. The first-order chi connectivity index (χ1) is 12.1. The molecule has 3 aromatic rings. The van der Waals surface area contributed by atoms with E-state index in [9.17, 15) is 4.79 Å². The molecule has 0 fully saturated rings. The number of hydrogen-bond acceptors (Lipinski definition) is 7. The number of aromatic nitrogens is 3. The molecule has 1 amide bonds. The highest BCUT2D eigenvalue weighted by atomic mass is 79.9. The van der Waals surface area contributed by atoms with Gasteiger partial charge in [-0.3, -0.25) is 9.69 Å². The van der Waals surface area contributed by atoms with Crippen molar-refractivity contribution < 1.29 is 9.21 Å². The van der Waals surface area contributed by atoms with Crippen LogP contribution in [0.15, 0.2) is 43.8 Å². The second-order valence-corrected chi connectivity index (χ2v) is 7.73. The van der Waals surface area contributed by atoms with Crippen molar-refractivity contribution in [1.29, 1.82) is 0 Å². The van der Waals surface area contributed by atoms with Crippen LogP contribution in [-0.2, 0) is 10.5 Å². The van der Waals surface area contributed by atoms with Crippen LogP contribution in [-0.4, -0.2) is 27.6 Å². The Morgan fingerprint density at radius 1 is 1.32 bits per heavy atom. The van der Waals surface area contributed by atoms with E-state index in [0.29, 0.717) is 28.5 Å². The Kier molecular flexibility index (Phi) is 5.87. The summed E-state index contributed by atoms with van der Waals surface area (Å²) in [5, 5.41) is 11.3. The number of carbonyl (C=O) groups excluding carboxylic acids is 1. The minimum absolute atomic E-state index is 0.00732. The summed E-state index contributed by atoms with van der Waals surface area (Å²) in [5.74, 6) is 1.09. The molecule has 9 heteroatoms. The van der Waals surface area contributed by atoms with Crippen molar-refractivity contribution in [3.63, 3.8) is 0 Å². The number of carbonyl (C=O) groups is 1. The molecule has 0 N–H and O–H groups in total. The van der Waals surface area contributed by atoms with Crippen LogP contribution in [0.4, 0.5) is 5.13 Å². The molecule has 0 bridgehead atoms. The molecule has 25 heavy (non-hydrogen) atoms. The number of rotatable bonds is 6. The van der Waals surface area contributed by atoms with Gasteiger partial charge in [0.05, 0.1) is 5.69 Å². The molecule has 0 unspecified atom stereocenters. The molecule has 0 aliphatic heterocycles. The predicted molar refractivity (Wildman–Crippen MR) is 103 cm³/mol. The molecule has 0 saturated heterocycles. The molecule has 6 nitrogen and oxygen atoms in total. The summed E-state index contributed by atoms with van der Waals surface area (Å²) in [6.07, 6.45) is 0. The fourth-order valence-electron chi connectivity index (χ4n) is 2.09. The third-order valence-corrected chi connectivity index (χ3v) is 5.60. The van der Waals surface area contributed by atoms with Gasteiger partial charge in [-0.05, 0) is 31.2 Å². The lowest BCUT2D eigenvalue weighted by Gasteiger charge is -2.14. The van der Waals surface area contributed by atoms with Gasteiger partial charge in [-0.15, -0.1) is 21.5 Å². The Morgan fingerprint density at radius 2 is 2.08 bits per heavy atom. The third kappa shape index (κ3) is 4.47. The summed E-state index contributed by atoms with van der Waals surface area (Å²) in [6, 6.07) is 7.69. The van der Waals surface area contributed by atoms with E-state index in [1.165, 1.54) is 23.1 Å². The SMILES string of the molecule is CCN(C(C)=O)c1nc(CSc2nnc(-c3ccc(Br)cc3)o2)cs1. The fraction of sp³-hybridized carbons (Fsp3) is 0.250. The van der Waals surface area contributed by atoms with Crippen molar-refractivity contribution in [3.05, 3.63) is 39.8 Å². The van der Waals surface area contributed by atoms with E-state index in [1.54, 1.807) is 11.8 Å². The van der Waals surface area contributed by atoms with E-state index in [4.69, 9.17) is 4.42 Å². The number of hydrogen-bond donors (Lipinski definition) is 0. The lowest BCUT2D eigenvalue weighted by Crippen LogP contribution is -2.27. The number of anilines is 1. The normalized spacial score (nSPS) is 10.8. The van der Waals surface area contributed by atoms with Crippen LogP contribution < -0.4 is 4.90 Å². The second-order valence-electron chi connectivity index (χ2n) is 5.05. The molecule has 0 radical (unpaired) electrons. The highest BCUT2D eigenvalue weighted by Crippen LogP contribution is 2.28. The van der Waals surface area contributed by atoms with E-state index in [0.717, 1.165) is 15.7 Å². The van der Waals surface area contributed by atoms with Crippen molar-refractivity contribution in [1.82, 2.24) is 15.2 Å². The van der Waals surface area contributed by atoms with Gasteiger partial charge >= 0.3 is 0 Å². The van der Waals surface area contributed by atoms with Crippen molar-refractivity contribution in [2.75, 3.05) is 11.4 Å². The molecule has 2 heterocycles. The molecular weight excluding hydrogens is 424 g/mol. The summed E-state index contributed by atoms with van der Waals surface area (Å²) in [5.41, 5.74) is 1.76. The summed E-state index contributed by atoms with van der Waals surface area (Å²) >= 11 is 6.28. The molecule has 0 saturated carbocycles. The van der Waals surface area contributed by atoms with Crippen molar-refractivity contribution in [2.45, 2.75) is 24.8 Å². The van der Waals surface area contributed by atoms with Crippen LogP contribution in [0.3, 0.4) is 0 Å². The van der Waals surface area contributed by atoms with Gasteiger partial charge in [0, 0.05) is 34.6 Å². The standard InChI is InChI=1S/C16H15BrN4O2S2/c1-3-21(10(2)22)15-18-13(8-24-15)9-25-16-20-19-14(23-16)11-4-6-12(17)7-5-11/h4-8H,3,9H2,1-2H3. The first kappa shape index (κ1) is 18.1. The lowest BCUT2D eigenvalue weighted by atomic mass is 10.2. The average Bonchev–Trinajstić information content (AvgIpc) is 3.23. The number of nitrogens with zero attached hydrogens (tertiary/aromatic N) is 4. The van der Waals surface area contributed by atoms with Crippen LogP contribution in [0.2, 0.25) is 0 Å². The van der Waals surface area contributed by atoms with Crippen molar-refractivity contribution in [3.8, 4) is 11.5 Å². The molecule has 0 atom stereocenters. The summed E-state index contributed by atoms with van der Waals surface area (Å²) < 4.78 is 6.68. The van der Waals surface area contributed by atoms with Gasteiger partial charge in [0.1, 0.15) is 0 Å². The van der Waals surface area contributed by atoms with Crippen LogP contribution in [0.1, 0.15) is 19.5 Å². The van der Waals surface area contributed by atoms with Crippen molar-refractivity contribution in [2.24, 2.45) is 0 Å². The van der Waals surface area contributed by atoms with E-state index in [-0.39, 0.29) is 5.91 Å². The molecule has 2 aromatic heterocycles. The van der Waals surface area contributed by atoms with Gasteiger partial charge in [0.15, 0.2) is 5.13 Å². The molecular formula is C16H15BrN4O2S2. The molecule has 0 aliphatic carbocycles. The van der Waals surface area contributed by atoms with E-state index in [2.05, 4.69) is 31.1 Å². The van der Waals surface area contributed by atoms with E-state index < -0.39 is 0 Å². The average molecular weight is 439 g/mol. The van der Waals surface area contributed by atoms with Crippen LogP contribution in [0.25, 0.3) is 11.5 Å². The number of amides is 1. The highest BCUT2D eigenvalue weighted by molar-refractivity contribution is 9.10. The Balaban J connectivity index is 1.64. The Hall–Kier alpha value is -1.71. The van der Waals surface area contributed by atoms with Crippen LogP contribution >= 0.6 is 39.0 Å². The zero-order chi connectivity index (χ0) is 17.8. The lowest BCUT2D eigenvalue weighted by molar-refractivity contribution is -0.116. The van der Waals surface area contributed by atoms with Crippen LogP contribution in [0, 0.1) is 0 Å².